The number of amides is 2. The molecule has 2 amide bonds. The summed E-state index contributed by atoms with van der Waals surface area (Å²) in [6.45, 7) is 1.71. The van der Waals surface area contributed by atoms with Gasteiger partial charge in [-0.2, -0.15) is 18.4 Å². The lowest BCUT2D eigenvalue weighted by atomic mass is 10.2. The topological polar surface area (TPSA) is 64.9 Å². The SMILES string of the molecule is CCC(C#N)NC(=O)Nc1cccc(C(F)(F)F)c1. The second-order valence-electron chi connectivity index (χ2n) is 3.77. The van der Waals surface area contributed by atoms with Crippen LogP contribution in [0.3, 0.4) is 0 Å². The average molecular weight is 271 g/mol. The molecule has 7 heteroatoms. The number of urea groups is 1. The lowest BCUT2D eigenvalue weighted by molar-refractivity contribution is -0.137. The zero-order valence-electron chi connectivity index (χ0n) is 10.1. The molecule has 19 heavy (non-hydrogen) atoms. The number of hydrogen-bond acceptors (Lipinski definition) is 2. The quantitative estimate of drug-likeness (QED) is 0.887. The largest absolute Gasteiger partial charge is 0.416 e. The van der Waals surface area contributed by atoms with Crippen LogP contribution in [-0.2, 0) is 6.18 Å². The van der Waals surface area contributed by atoms with Crippen molar-refractivity contribution in [2.75, 3.05) is 5.32 Å². The van der Waals surface area contributed by atoms with Crippen LogP contribution >= 0.6 is 0 Å². The monoisotopic (exact) mass is 271 g/mol. The fourth-order valence-electron chi connectivity index (χ4n) is 1.32. The van der Waals surface area contributed by atoms with Gasteiger partial charge in [-0.1, -0.05) is 13.0 Å². The first-order valence-corrected chi connectivity index (χ1v) is 5.51. The summed E-state index contributed by atoms with van der Waals surface area (Å²) < 4.78 is 37.4. The van der Waals surface area contributed by atoms with Gasteiger partial charge in [0, 0.05) is 5.69 Å². The molecule has 0 saturated carbocycles. The molecule has 0 fully saturated rings. The molecule has 1 aromatic carbocycles. The fraction of sp³-hybridized carbons (Fsp3) is 0.333. The number of nitrogens with one attached hydrogen (secondary N) is 2. The van der Waals surface area contributed by atoms with E-state index in [9.17, 15) is 18.0 Å². The minimum Gasteiger partial charge on any atom is -0.322 e. The van der Waals surface area contributed by atoms with Crippen molar-refractivity contribution in [1.29, 1.82) is 5.26 Å². The number of carbonyl (C=O) groups is 1. The Morgan fingerprint density at radius 3 is 2.68 bits per heavy atom. The lowest BCUT2D eigenvalue weighted by Crippen LogP contribution is -2.36. The third-order valence-electron chi connectivity index (χ3n) is 2.32. The molecule has 1 unspecified atom stereocenters. The number of anilines is 1. The maximum atomic E-state index is 12.5. The van der Waals surface area contributed by atoms with E-state index < -0.39 is 23.8 Å². The predicted octanol–water partition coefficient (Wildman–Crippen LogP) is 3.13. The van der Waals surface area contributed by atoms with Crippen LogP contribution in [0, 0.1) is 11.3 Å². The van der Waals surface area contributed by atoms with Gasteiger partial charge in [0.25, 0.3) is 0 Å². The Labute approximate surface area is 108 Å². The number of alkyl halides is 3. The van der Waals surface area contributed by atoms with Crippen LogP contribution in [-0.4, -0.2) is 12.1 Å². The van der Waals surface area contributed by atoms with E-state index in [1.165, 1.54) is 12.1 Å². The van der Waals surface area contributed by atoms with Crippen LogP contribution in [0.15, 0.2) is 24.3 Å². The lowest BCUT2D eigenvalue weighted by Gasteiger charge is -2.12. The van der Waals surface area contributed by atoms with Crippen LogP contribution in [0.1, 0.15) is 18.9 Å². The molecule has 0 aliphatic carbocycles. The third-order valence-corrected chi connectivity index (χ3v) is 2.32. The summed E-state index contributed by atoms with van der Waals surface area (Å²) in [6.07, 6.45) is -4.06. The molecule has 0 aromatic heterocycles. The number of halogens is 3. The summed E-state index contributed by atoms with van der Waals surface area (Å²) in [7, 11) is 0. The summed E-state index contributed by atoms with van der Waals surface area (Å²) in [6, 6.07) is 4.73. The number of hydrogen-bond donors (Lipinski definition) is 2. The van der Waals surface area contributed by atoms with Crippen LogP contribution < -0.4 is 10.6 Å². The minimum absolute atomic E-state index is 0.0140. The number of carbonyl (C=O) groups excluding carboxylic acids is 1. The highest BCUT2D eigenvalue weighted by atomic mass is 19.4. The van der Waals surface area contributed by atoms with Crippen molar-refractivity contribution in [1.82, 2.24) is 5.32 Å². The van der Waals surface area contributed by atoms with E-state index in [1.54, 1.807) is 6.92 Å². The van der Waals surface area contributed by atoms with E-state index in [1.807, 2.05) is 6.07 Å². The number of nitriles is 1. The predicted molar refractivity (Wildman–Crippen MR) is 63.3 cm³/mol. The maximum Gasteiger partial charge on any atom is 0.416 e. The molecule has 2 N–H and O–H groups in total. The van der Waals surface area contributed by atoms with Crippen molar-refractivity contribution in [3.63, 3.8) is 0 Å². The number of benzene rings is 1. The highest BCUT2D eigenvalue weighted by Gasteiger charge is 2.30. The second-order valence-corrected chi connectivity index (χ2v) is 3.77. The Hall–Kier alpha value is -2.23. The third kappa shape index (κ3) is 4.50. The molecule has 0 bridgehead atoms. The van der Waals surface area contributed by atoms with E-state index in [0.717, 1.165) is 12.1 Å². The Balaban J connectivity index is 2.73. The first-order chi connectivity index (χ1) is 8.86. The van der Waals surface area contributed by atoms with E-state index in [-0.39, 0.29) is 5.69 Å². The van der Waals surface area contributed by atoms with Crippen LogP contribution in [0.5, 0.6) is 0 Å². The molecular weight excluding hydrogens is 259 g/mol. The Morgan fingerprint density at radius 1 is 1.47 bits per heavy atom. The van der Waals surface area contributed by atoms with Gasteiger partial charge >= 0.3 is 12.2 Å². The Bertz CT molecular complexity index is 494. The van der Waals surface area contributed by atoms with Crippen LogP contribution in [0.25, 0.3) is 0 Å². The second kappa shape index (κ2) is 6.09. The van der Waals surface area contributed by atoms with Gasteiger partial charge in [-0.05, 0) is 24.6 Å². The van der Waals surface area contributed by atoms with Crippen molar-refractivity contribution in [2.24, 2.45) is 0 Å². The molecule has 102 valence electrons. The average Bonchev–Trinajstić information content (AvgIpc) is 2.35. The van der Waals surface area contributed by atoms with Crippen molar-refractivity contribution in [3.8, 4) is 6.07 Å². The fourth-order valence-corrected chi connectivity index (χ4v) is 1.32. The molecule has 0 radical (unpaired) electrons. The van der Waals surface area contributed by atoms with Crippen molar-refractivity contribution in [3.05, 3.63) is 29.8 Å². The van der Waals surface area contributed by atoms with Gasteiger partial charge in [0.05, 0.1) is 11.6 Å². The summed E-state index contributed by atoms with van der Waals surface area (Å²) in [5, 5.41) is 13.2. The molecule has 0 heterocycles. The first kappa shape index (κ1) is 14.8. The molecule has 4 nitrogen and oxygen atoms in total. The molecule has 0 aliphatic heterocycles. The zero-order chi connectivity index (χ0) is 14.5. The van der Waals surface area contributed by atoms with E-state index >= 15 is 0 Å². The summed E-state index contributed by atoms with van der Waals surface area (Å²) >= 11 is 0. The van der Waals surface area contributed by atoms with Crippen molar-refractivity contribution < 1.29 is 18.0 Å². The van der Waals surface area contributed by atoms with Gasteiger partial charge in [0.1, 0.15) is 6.04 Å². The van der Waals surface area contributed by atoms with E-state index in [0.29, 0.717) is 6.42 Å². The van der Waals surface area contributed by atoms with Crippen LogP contribution in [0.4, 0.5) is 23.7 Å². The van der Waals surface area contributed by atoms with Gasteiger partial charge < -0.3 is 10.6 Å². The van der Waals surface area contributed by atoms with Gasteiger partial charge in [-0.3, -0.25) is 0 Å². The smallest absolute Gasteiger partial charge is 0.322 e. The van der Waals surface area contributed by atoms with Crippen molar-refractivity contribution in [2.45, 2.75) is 25.6 Å². The molecule has 0 spiro atoms. The minimum atomic E-state index is -4.47. The Kier molecular flexibility index (Phi) is 4.75. The number of nitrogens with zero attached hydrogens (tertiary/aromatic N) is 1. The molecule has 1 rings (SSSR count). The first-order valence-electron chi connectivity index (χ1n) is 5.51. The maximum absolute atomic E-state index is 12.5. The molecule has 0 saturated heterocycles. The van der Waals surface area contributed by atoms with Crippen LogP contribution in [0.2, 0.25) is 0 Å². The van der Waals surface area contributed by atoms with E-state index in [4.69, 9.17) is 5.26 Å². The van der Waals surface area contributed by atoms with Gasteiger partial charge in [0.2, 0.25) is 0 Å². The normalized spacial score (nSPS) is 12.4. The summed E-state index contributed by atoms with van der Waals surface area (Å²) in [4.78, 5) is 11.4. The Morgan fingerprint density at radius 2 is 2.16 bits per heavy atom. The zero-order valence-corrected chi connectivity index (χ0v) is 10.1. The summed E-state index contributed by atoms with van der Waals surface area (Å²) in [5.74, 6) is 0. The molecule has 0 aliphatic rings. The van der Waals surface area contributed by atoms with Gasteiger partial charge in [-0.15, -0.1) is 0 Å². The number of rotatable bonds is 3. The van der Waals surface area contributed by atoms with E-state index in [2.05, 4.69) is 10.6 Å². The van der Waals surface area contributed by atoms with Gasteiger partial charge in [0.15, 0.2) is 0 Å². The van der Waals surface area contributed by atoms with Crippen molar-refractivity contribution >= 4 is 11.7 Å². The summed E-state index contributed by atoms with van der Waals surface area (Å²) in [5.41, 5.74) is -0.835. The standard InChI is InChI=1S/C12H12F3N3O/c1-2-9(7-16)17-11(19)18-10-5-3-4-8(6-10)12(13,14)15/h3-6,9H,2H2,1H3,(H2,17,18,19). The molecule has 1 aromatic rings. The highest BCUT2D eigenvalue weighted by Crippen LogP contribution is 2.30. The van der Waals surface area contributed by atoms with Gasteiger partial charge in [-0.25, -0.2) is 4.79 Å². The molecule has 1 atom stereocenters. The molecular formula is C12H12F3N3O. The highest BCUT2D eigenvalue weighted by molar-refractivity contribution is 5.89.